The van der Waals surface area contributed by atoms with E-state index in [1.54, 1.807) is 19.1 Å². The molecule has 16 heavy (non-hydrogen) atoms. The molecule has 0 amide bonds. The van der Waals surface area contributed by atoms with Gasteiger partial charge in [-0.1, -0.05) is 6.07 Å². The van der Waals surface area contributed by atoms with Gasteiger partial charge in [-0.05, 0) is 31.0 Å². The van der Waals surface area contributed by atoms with Gasteiger partial charge in [0.2, 0.25) is 0 Å². The van der Waals surface area contributed by atoms with Crippen molar-refractivity contribution in [1.82, 2.24) is 0 Å². The number of benzene rings is 1. The van der Waals surface area contributed by atoms with Gasteiger partial charge in [0.1, 0.15) is 0 Å². The second kappa shape index (κ2) is 4.14. The van der Waals surface area contributed by atoms with Crippen LogP contribution < -0.4 is 4.90 Å². The van der Waals surface area contributed by atoms with Crippen molar-refractivity contribution in [2.45, 2.75) is 19.4 Å². The van der Waals surface area contributed by atoms with Gasteiger partial charge < -0.3 is 15.1 Å². The minimum atomic E-state index is -0.910. The van der Waals surface area contributed by atoms with Gasteiger partial charge in [0, 0.05) is 18.8 Å². The Morgan fingerprint density at radius 2 is 2.31 bits per heavy atom. The molecule has 1 atom stereocenters. The molecule has 0 aliphatic carbocycles. The molecule has 2 N–H and O–H groups in total. The third kappa shape index (κ3) is 2.02. The van der Waals surface area contributed by atoms with Crippen LogP contribution in [-0.2, 0) is 6.42 Å². The van der Waals surface area contributed by atoms with Crippen molar-refractivity contribution in [3.63, 3.8) is 0 Å². The Morgan fingerprint density at radius 3 is 2.94 bits per heavy atom. The van der Waals surface area contributed by atoms with Crippen molar-refractivity contribution >= 4 is 11.7 Å². The van der Waals surface area contributed by atoms with Gasteiger partial charge in [-0.15, -0.1) is 0 Å². The second-order valence-electron chi connectivity index (χ2n) is 4.19. The zero-order chi connectivity index (χ0) is 11.7. The van der Waals surface area contributed by atoms with E-state index in [1.165, 1.54) is 0 Å². The number of rotatable bonds is 3. The van der Waals surface area contributed by atoms with E-state index in [2.05, 4.69) is 0 Å². The van der Waals surface area contributed by atoms with Crippen LogP contribution in [0.3, 0.4) is 0 Å². The van der Waals surface area contributed by atoms with Gasteiger partial charge in [0.15, 0.2) is 0 Å². The number of hydrogen-bond donors (Lipinski definition) is 2. The first-order valence-electron chi connectivity index (χ1n) is 5.37. The Kier molecular flexibility index (Phi) is 2.83. The SMILES string of the molecule is CC(O)CN1CCc2ccc(C(=O)O)cc21. The second-order valence-corrected chi connectivity index (χ2v) is 4.19. The molecule has 1 aliphatic heterocycles. The molecule has 1 heterocycles. The van der Waals surface area contributed by atoms with Gasteiger partial charge in [0.25, 0.3) is 0 Å². The number of anilines is 1. The van der Waals surface area contributed by atoms with E-state index in [-0.39, 0.29) is 0 Å². The molecule has 1 aliphatic rings. The highest BCUT2D eigenvalue weighted by atomic mass is 16.4. The molecule has 0 spiro atoms. The summed E-state index contributed by atoms with van der Waals surface area (Å²) in [5.74, 6) is -0.910. The standard InChI is InChI=1S/C12H15NO3/c1-8(14)7-13-5-4-9-2-3-10(12(15)16)6-11(9)13/h2-3,6,8,14H,4-5,7H2,1H3,(H,15,16). The number of hydrogen-bond acceptors (Lipinski definition) is 3. The minimum absolute atomic E-state index is 0.302. The first kappa shape index (κ1) is 11.0. The maximum Gasteiger partial charge on any atom is 0.335 e. The third-order valence-electron chi connectivity index (χ3n) is 2.81. The summed E-state index contributed by atoms with van der Waals surface area (Å²) in [7, 11) is 0. The highest BCUT2D eigenvalue weighted by Crippen LogP contribution is 2.29. The Balaban J connectivity index is 2.29. The maximum absolute atomic E-state index is 10.9. The monoisotopic (exact) mass is 221 g/mol. The average molecular weight is 221 g/mol. The molecule has 0 aromatic heterocycles. The lowest BCUT2D eigenvalue weighted by Gasteiger charge is -2.21. The normalized spacial score (nSPS) is 16.0. The topological polar surface area (TPSA) is 60.8 Å². The van der Waals surface area contributed by atoms with Crippen LogP contribution in [0.25, 0.3) is 0 Å². The Hall–Kier alpha value is -1.55. The van der Waals surface area contributed by atoms with E-state index < -0.39 is 12.1 Å². The van der Waals surface area contributed by atoms with Crippen molar-refractivity contribution in [3.8, 4) is 0 Å². The fourth-order valence-corrected chi connectivity index (χ4v) is 2.09. The lowest BCUT2D eigenvalue weighted by Crippen LogP contribution is -2.29. The predicted octanol–water partition coefficient (Wildman–Crippen LogP) is 1.13. The fraction of sp³-hybridized carbons (Fsp3) is 0.417. The summed E-state index contributed by atoms with van der Waals surface area (Å²) in [5, 5.41) is 18.3. The Morgan fingerprint density at radius 1 is 1.56 bits per heavy atom. The summed E-state index contributed by atoms with van der Waals surface area (Å²) in [6, 6.07) is 5.18. The Bertz CT molecular complexity index is 415. The summed E-state index contributed by atoms with van der Waals surface area (Å²) in [5.41, 5.74) is 2.41. The fourth-order valence-electron chi connectivity index (χ4n) is 2.09. The van der Waals surface area contributed by atoms with E-state index in [0.29, 0.717) is 12.1 Å². The zero-order valence-electron chi connectivity index (χ0n) is 9.18. The number of aliphatic hydroxyl groups excluding tert-OH is 1. The summed E-state index contributed by atoms with van der Waals surface area (Å²) in [4.78, 5) is 12.9. The lowest BCUT2D eigenvalue weighted by atomic mass is 10.1. The summed E-state index contributed by atoms with van der Waals surface area (Å²) in [6.07, 6.45) is 0.515. The molecule has 4 heteroatoms. The molecule has 1 unspecified atom stereocenters. The summed E-state index contributed by atoms with van der Waals surface area (Å²) in [6.45, 7) is 3.14. The first-order valence-corrected chi connectivity index (χ1v) is 5.37. The number of β-amino-alcohol motifs (C(OH)–C–C–N with tert-alkyl or cyclic N) is 1. The predicted molar refractivity (Wildman–Crippen MR) is 61.0 cm³/mol. The molecule has 0 fully saturated rings. The largest absolute Gasteiger partial charge is 0.478 e. The lowest BCUT2D eigenvalue weighted by molar-refractivity contribution is 0.0697. The van der Waals surface area contributed by atoms with E-state index in [1.807, 2.05) is 11.0 Å². The van der Waals surface area contributed by atoms with Crippen molar-refractivity contribution < 1.29 is 15.0 Å². The van der Waals surface area contributed by atoms with Crippen LogP contribution in [-0.4, -0.2) is 35.4 Å². The van der Waals surface area contributed by atoms with Crippen LogP contribution in [0, 0.1) is 0 Å². The maximum atomic E-state index is 10.9. The molecular weight excluding hydrogens is 206 g/mol. The number of carboxylic acids is 1. The van der Waals surface area contributed by atoms with Crippen LogP contribution in [0.2, 0.25) is 0 Å². The van der Waals surface area contributed by atoms with Crippen molar-refractivity contribution in [2.75, 3.05) is 18.0 Å². The number of carbonyl (C=O) groups is 1. The molecule has 86 valence electrons. The highest BCUT2D eigenvalue weighted by Gasteiger charge is 2.21. The van der Waals surface area contributed by atoms with E-state index in [4.69, 9.17) is 5.11 Å². The van der Waals surface area contributed by atoms with Gasteiger partial charge in [-0.3, -0.25) is 0 Å². The van der Waals surface area contributed by atoms with Crippen LogP contribution in [0.15, 0.2) is 18.2 Å². The van der Waals surface area contributed by atoms with E-state index in [9.17, 15) is 9.90 Å². The van der Waals surface area contributed by atoms with Crippen LogP contribution in [0.1, 0.15) is 22.8 Å². The zero-order valence-corrected chi connectivity index (χ0v) is 9.18. The molecule has 4 nitrogen and oxygen atoms in total. The highest BCUT2D eigenvalue weighted by molar-refractivity contribution is 5.89. The summed E-state index contributed by atoms with van der Waals surface area (Å²) < 4.78 is 0. The molecule has 2 rings (SSSR count). The summed E-state index contributed by atoms with van der Waals surface area (Å²) >= 11 is 0. The molecule has 1 aromatic carbocycles. The molecule has 0 saturated carbocycles. The number of aliphatic hydroxyl groups is 1. The van der Waals surface area contributed by atoms with Crippen molar-refractivity contribution in [2.24, 2.45) is 0 Å². The van der Waals surface area contributed by atoms with Gasteiger partial charge in [-0.25, -0.2) is 4.79 Å². The van der Waals surface area contributed by atoms with Crippen molar-refractivity contribution in [1.29, 1.82) is 0 Å². The number of carboxylic acid groups (broad SMARTS) is 1. The molecule has 0 saturated heterocycles. The smallest absolute Gasteiger partial charge is 0.335 e. The quantitative estimate of drug-likeness (QED) is 0.803. The van der Waals surface area contributed by atoms with Crippen LogP contribution in [0.4, 0.5) is 5.69 Å². The van der Waals surface area contributed by atoms with Gasteiger partial charge in [0.05, 0.1) is 11.7 Å². The number of nitrogens with zero attached hydrogens (tertiary/aromatic N) is 1. The van der Waals surface area contributed by atoms with Crippen molar-refractivity contribution in [3.05, 3.63) is 29.3 Å². The number of fused-ring (bicyclic) bond motifs is 1. The van der Waals surface area contributed by atoms with Crippen LogP contribution in [0.5, 0.6) is 0 Å². The minimum Gasteiger partial charge on any atom is -0.478 e. The first-order chi connectivity index (χ1) is 7.58. The average Bonchev–Trinajstić information content (AvgIpc) is 2.60. The van der Waals surface area contributed by atoms with Gasteiger partial charge >= 0.3 is 5.97 Å². The third-order valence-corrected chi connectivity index (χ3v) is 2.81. The van der Waals surface area contributed by atoms with E-state index in [0.717, 1.165) is 24.2 Å². The molecule has 1 aromatic rings. The number of aromatic carboxylic acids is 1. The van der Waals surface area contributed by atoms with Crippen LogP contribution >= 0.6 is 0 Å². The van der Waals surface area contributed by atoms with Gasteiger partial charge in [-0.2, -0.15) is 0 Å². The molecular formula is C12H15NO3. The molecule has 0 radical (unpaired) electrons. The Labute approximate surface area is 94.1 Å². The molecule has 0 bridgehead atoms. The van der Waals surface area contributed by atoms with E-state index >= 15 is 0 Å².